The third kappa shape index (κ3) is 1.99. The summed E-state index contributed by atoms with van der Waals surface area (Å²) >= 11 is 0. The molecule has 0 aliphatic heterocycles. The number of ether oxygens (including phenoxy) is 2. The zero-order valence-corrected chi connectivity index (χ0v) is 11.8. The molecule has 3 N–H and O–H groups in total. The summed E-state index contributed by atoms with van der Waals surface area (Å²) < 4.78 is 11.2. The third-order valence-corrected chi connectivity index (χ3v) is 3.87. The van der Waals surface area contributed by atoms with Crippen molar-refractivity contribution in [2.45, 2.75) is 25.7 Å². The third-order valence-electron chi connectivity index (χ3n) is 3.87. The molecule has 1 aliphatic rings. The van der Waals surface area contributed by atoms with E-state index in [9.17, 15) is 0 Å². The number of aromatic nitrogens is 2. The largest absolute Gasteiger partial charge is 0.496 e. The van der Waals surface area contributed by atoms with E-state index in [0.29, 0.717) is 5.82 Å². The molecule has 5 nitrogen and oxygen atoms in total. The Morgan fingerprint density at radius 1 is 1.10 bits per heavy atom. The Morgan fingerprint density at radius 3 is 2.45 bits per heavy atom. The number of anilines is 1. The van der Waals surface area contributed by atoms with Gasteiger partial charge in [-0.1, -0.05) is 0 Å². The lowest BCUT2D eigenvalue weighted by Gasteiger charge is -2.23. The first-order valence-corrected chi connectivity index (χ1v) is 6.82. The molecule has 0 atom stereocenters. The number of rotatable bonds is 3. The first-order valence-electron chi connectivity index (χ1n) is 6.82. The number of hydrogen-bond acceptors (Lipinski definition) is 4. The van der Waals surface area contributed by atoms with Crippen LogP contribution in [0.3, 0.4) is 0 Å². The number of benzene rings is 1. The summed E-state index contributed by atoms with van der Waals surface area (Å²) in [6.07, 6.45) is 4.44. The molecule has 1 aromatic carbocycles. The second-order valence-electron chi connectivity index (χ2n) is 5.03. The van der Waals surface area contributed by atoms with Crippen LogP contribution in [0.2, 0.25) is 0 Å². The first-order chi connectivity index (χ1) is 9.74. The van der Waals surface area contributed by atoms with Gasteiger partial charge in [0.05, 0.1) is 19.9 Å². The zero-order valence-electron chi connectivity index (χ0n) is 11.8. The minimum Gasteiger partial charge on any atom is -0.496 e. The fraction of sp³-hybridized carbons (Fsp3) is 0.400. The molecule has 0 unspecified atom stereocenters. The summed E-state index contributed by atoms with van der Waals surface area (Å²) in [6.45, 7) is 0. The number of nitrogens with one attached hydrogen (secondary N) is 1. The smallest absolute Gasteiger partial charge is 0.145 e. The van der Waals surface area contributed by atoms with E-state index in [1.165, 1.54) is 24.0 Å². The summed E-state index contributed by atoms with van der Waals surface area (Å²) in [5.41, 5.74) is 10.0. The number of nitrogen functional groups attached to an aromatic ring is 1. The standard InChI is InChI=1S/C15H19N3O2/c1-19-13-7-11(12-8-14(16)18-17-12)15(20-2)10-6-4-3-5-9(10)13/h7-8H,3-6H2,1-2H3,(H3,16,17,18). The number of fused-ring (bicyclic) bond motifs is 1. The molecule has 1 aromatic heterocycles. The predicted molar refractivity (Wildman–Crippen MR) is 78.2 cm³/mol. The number of nitrogens with two attached hydrogens (primary N) is 1. The maximum absolute atomic E-state index is 5.70. The van der Waals surface area contributed by atoms with E-state index in [-0.39, 0.29) is 0 Å². The highest BCUT2D eigenvalue weighted by Gasteiger charge is 2.23. The van der Waals surface area contributed by atoms with Gasteiger partial charge in [-0.15, -0.1) is 0 Å². The van der Waals surface area contributed by atoms with Gasteiger partial charge in [-0.05, 0) is 31.7 Å². The Labute approximate surface area is 118 Å². The van der Waals surface area contributed by atoms with E-state index < -0.39 is 0 Å². The lowest BCUT2D eigenvalue weighted by molar-refractivity contribution is 0.390. The van der Waals surface area contributed by atoms with Crippen molar-refractivity contribution in [2.24, 2.45) is 0 Å². The number of aromatic amines is 1. The monoisotopic (exact) mass is 273 g/mol. The van der Waals surface area contributed by atoms with Crippen molar-refractivity contribution >= 4 is 5.82 Å². The second-order valence-corrected chi connectivity index (χ2v) is 5.03. The molecule has 3 rings (SSSR count). The molecule has 0 saturated carbocycles. The van der Waals surface area contributed by atoms with Gasteiger partial charge in [0.15, 0.2) is 0 Å². The minimum absolute atomic E-state index is 0.471. The maximum atomic E-state index is 5.70. The molecule has 20 heavy (non-hydrogen) atoms. The topological polar surface area (TPSA) is 73.2 Å². The van der Waals surface area contributed by atoms with Crippen LogP contribution in [-0.4, -0.2) is 24.4 Å². The molecule has 0 radical (unpaired) electrons. The zero-order chi connectivity index (χ0) is 14.1. The molecule has 5 heteroatoms. The fourth-order valence-electron chi connectivity index (χ4n) is 2.96. The van der Waals surface area contributed by atoms with Gasteiger partial charge in [0.1, 0.15) is 17.3 Å². The maximum Gasteiger partial charge on any atom is 0.145 e. The minimum atomic E-state index is 0.471. The summed E-state index contributed by atoms with van der Waals surface area (Å²) in [6, 6.07) is 3.82. The Bertz CT molecular complexity index is 634. The lowest BCUT2D eigenvalue weighted by atomic mass is 9.88. The van der Waals surface area contributed by atoms with Crippen LogP contribution in [0.1, 0.15) is 24.0 Å². The van der Waals surface area contributed by atoms with E-state index >= 15 is 0 Å². The van der Waals surface area contributed by atoms with E-state index in [4.69, 9.17) is 15.2 Å². The fourth-order valence-corrected chi connectivity index (χ4v) is 2.96. The summed E-state index contributed by atoms with van der Waals surface area (Å²) in [4.78, 5) is 0. The molecule has 1 heterocycles. The van der Waals surface area contributed by atoms with Crippen LogP contribution in [0.15, 0.2) is 12.1 Å². The SMILES string of the molecule is COc1cc(-c2cc(N)n[nH]2)c(OC)c2c1CCCC2. The summed E-state index contributed by atoms with van der Waals surface area (Å²) in [5.74, 6) is 2.30. The highest BCUT2D eigenvalue weighted by Crippen LogP contribution is 2.43. The van der Waals surface area contributed by atoms with Gasteiger partial charge in [0.2, 0.25) is 0 Å². The second kappa shape index (κ2) is 5.07. The molecule has 106 valence electrons. The van der Waals surface area contributed by atoms with Gasteiger partial charge in [0, 0.05) is 22.8 Å². The predicted octanol–water partition coefficient (Wildman–Crippen LogP) is 2.55. The average Bonchev–Trinajstić information content (AvgIpc) is 2.91. The summed E-state index contributed by atoms with van der Waals surface area (Å²) in [5, 5.41) is 6.94. The number of H-pyrrole nitrogens is 1. The van der Waals surface area contributed by atoms with Crippen LogP contribution in [0.4, 0.5) is 5.82 Å². The number of nitrogens with zero attached hydrogens (tertiary/aromatic N) is 1. The van der Waals surface area contributed by atoms with E-state index in [1.54, 1.807) is 14.2 Å². The highest BCUT2D eigenvalue weighted by atomic mass is 16.5. The van der Waals surface area contributed by atoms with Gasteiger partial charge < -0.3 is 15.2 Å². The van der Waals surface area contributed by atoms with Gasteiger partial charge in [-0.2, -0.15) is 5.10 Å². The quantitative estimate of drug-likeness (QED) is 0.901. The van der Waals surface area contributed by atoms with Crippen molar-refractivity contribution in [3.63, 3.8) is 0 Å². The number of methoxy groups -OCH3 is 2. The van der Waals surface area contributed by atoms with Crippen LogP contribution in [0, 0.1) is 0 Å². The van der Waals surface area contributed by atoms with E-state index in [1.807, 2.05) is 12.1 Å². The highest BCUT2D eigenvalue weighted by molar-refractivity contribution is 5.75. The molecular formula is C15H19N3O2. The van der Waals surface area contributed by atoms with E-state index in [0.717, 1.165) is 35.6 Å². The Balaban J connectivity index is 2.23. The van der Waals surface area contributed by atoms with E-state index in [2.05, 4.69) is 10.2 Å². The van der Waals surface area contributed by atoms with Crippen LogP contribution in [0.25, 0.3) is 11.3 Å². The van der Waals surface area contributed by atoms with Crippen molar-refractivity contribution in [3.05, 3.63) is 23.3 Å². The molecule has 0 fully saturated rings. The van der Waals surface area contributed by atoms with Gasteiger partial charge in [-0.3, -0.25) is 5.10 Å². The van der Waals surface area contributed by atoms with Gasteiger partial charge in [0.25, 0.3) is 0 Å². The Hall–Kier alpha value is -2.17. The summed E-state index contributed by atoms with van der Waals surface area (Å²) in [7, 11) is 3.42. The van der Waals surface area contributed by atoms with Crippen molar-refractivity contribution in [1.29, 1.82) is 0 Å². The Kier molecular flexibility index (Phi) is 3.26. The van der Waals surface area contributed by atoms with Crippen LogP contribution in [0.5, 0.6) is 11.5 Å². The van der Waals surface area contributed by atoms with Crippen molar-refractivity contribution < 1.29 is 9.47 Å². The molecular weight excluding hydrogens is 254 g/mol. The Morgan fingerprint density at radius 2 is 1.85 bits per heavy atom. The van der Waals surface area contributed by atoms with Gasteiger partial charge in [-0.25, -0.2) is 0 Å². The van der Waals surface area contributed by atoms with Gasteiger partial charge >= 0.3 is 0 Å². The van der Waals surface area contributed by atoms with Crippen LogP contribution < -0.4 is 15.2 Å². The van der Waals surface area contributed by atoms with Crippen LogP contribution >= 0.6 is 0 Å². The van der Waals surface area contributed by atoms with Crippen LogP contribution in [-0.2, 0) is 12.8 Å². The van der Waals surface area contributed by atoms with Crippen molar-refractivity contribution in [2.75, 3.05) is 20.0 Å². The molecule has 0 bridgehead atoms. The first kappa shape index (κ1) is 12.8. The number of hydrogen-bond donors (Lipinski definition) is 2. The molecule has 0 amide bonds. The van der Waals surface area contributed by atoms with Crippen molar-refractivity contribution in [3.8, 4) is 22.8 Å². The average molecular weight is 273 g/mol. The van der Waals surface area contributed by atoms with Crippen molar-refractivity contribution in [1.82, 2.24) is 10.2 Å². The molecule has 0 saturated heterocycles. The lowest BCUT2D eigenvalue weighted by Crippen LogP contribution is -2.08. The molecule has 0 spiro atoms. The molecule has 1 aliphatic carbocycles. The molecule has 2 aromatic rings. The normalized spacial score (nSPS) is 13.9.